The van der Waals surface area contributed by atoms with Crippen LogP contribution in [0.3, 0.4) is 0 Å². The van der Waals surface area contributed by atoms with Crippen LogP contribution in [0.25, 0.3) is 11.1 Å². The number of ether oxygens (including phenoxy) is 2. The lowest BCUT2D eigenvalue weighted by atomic mass is 10.1. The van der Waals surface area contributed by atoms with Gasteiger partial charge in [-0.1, -0.05) is 19.4 Å². The fourth-order valence-corrected chi connectivity index (χ4v) is 3.84. The van der Waals surface area contributed by atoms with Crippen LogP contribution in [-0.2, 0) is 11.3 Å². The van der Waals surface area contributed by atoms with E-state index in [2.05, 4.69) is 10.3 Å². The standard InChI is InChI=1S/C24H26F5N3O4S/c1-24(2,3)36-23(34)31-14-5-15-32-16-17(7-12-21(32)33)20-6-4-13-30-22(20)35-18-8-10-19(11-9-18)37(25,26,27,28)29/h4,6-13,16H,5,14-15H2,1-3H3,(H,31,34). The summed E-state index contributed by atoms with van der Waals surface area (Å²) in [4.78, 5) is 26.1. The summed E-state index contributed by atoms with van der Waals surface area (Å²) in [6.45, 7) is 5.76. The summed E-state index contributed by atoms with van der Waals surface area (Å²) in [5.74, 6) is -0.133. The highest BCUT2D eigenvalue weighted by molar-refractivity contribution is 8.45. The van der Waals surface area contributed by atoms with Crippen molar-refractivity contribution in [2.24, 2.45) is 0 Å². The summed E-state index contributed by atoms with van der Waals surface area (Å²) >= 11 is 0. The van der Waals surface area contributed by atoms with Crippen molar-refractivity contribution >= 4 is 16.3 Å². The van der Waals surface area contributed by atoms with Crippen LogP contribution in [0.4, 0.5) is 24.2 Å². The van der Waals surface area contributed by atoms with Crippen LogP contribution in [0.1, 0.15) is 27.2 Å². The van der Waals surface area contributed by atoms with Crippen LogP contribution >= 0.6 is 10.2 Å². The average molecular weight is 548 g/mol. The summed E-state index contributed by atoms with van der Waals surface area (Å²) < 4.78 is 77.0. The molecule has 37 heavy (non-hydrogen) atoms. The largest absolute Gasteiger partial charge is 0.444 e. The smallest absolute Gasteiger partial charge is 0.407 e. The van der Waals surface area contributed by atoms with Crippen molar-refractivity contribution in [3.05, 3.63) is 71.3 Å². The zero-order chi connectivity index (χ0) is 27.5. The van der Waals surface area contributed by atoms with E-state index in [9.17, 15) is 29.0 Å². The van der Waals surface area contributed by atoms with E-state index in [-0.39, 0.29) is 42.4 Å². The van der Waals surface area contributed by atoms with E-state index < -0.39 is 26.8 Å². The van der Waals surface area contributed by atoms with Gasteiger partial charge in [0.1, 0.15) is 16.2 Å². The van der Waals surface area contributed by atoms with E-state index in [1.54, 1.807) is 39.1 Å². The number of benzene rings is 1. The predicted octanol–water partition coefficient (Wildman–Crippen LogP) is 7.27. The molecule has 0 saturated carbocycles. The SMILES string of the molecule is CC(C)(C)OC(=O)NCCCn1cc(-c2cccnc2Oc2ccc(S(F)(F)(F)(F)F)cc2)ccc1=O. The lowest BCUT2D eigenvalue weighted by Crippen LogP contribution is -2.33. The number of nitrogens with one attached hydrogen (secondary N) is 1. The molecular weight excluding hydrogens is 521 g/mol. The molecule has 1 aromatic carbocycles. The zero-order valence-corrected chi connectivity index (χ0v) is 21.0. The Balaban J connectivity index is 1.74. The molecule has 0 aliphatic carbocycles. The summed E-state index contributed by atoms with van der Waals surface area (Å²) in [5, 5.41) is 2.61. The van der Waals surface area contributed by atoms with Crippen LogP contribution in [0.15, 0.2) is 70.6 Å². The number of aromatic nitrogens is 2. The zero-order valence-electron chi connectivity index (χ0n) is 20.2. The van der Waals surface area contributed by atoms with Crippen LogP contribution in [-0.4, -0.2) is 27.8 Å². The maximum atomic E-state index is 13.0. The second-order valence-corrected chi connectivity index (χ2v) is 11.5. The fraction of sp³-hybridized carbons (Fsp3) is 0.292. The molecule has 1 amide bonds. The summed E-state index contributed by atoms with van der Waals surface area (Å²) in [5.41, 5.74) is 0.0104. The molecule has 3 rings (SSSR count). The maximum absolute atomic E-state index is 13.0. The van der Waals surface area contributed by atoms with Gasteiger partial charge in [-0.2, -0.15) is 0 Å². The van der Waals surface area contributed by atoms with E-state index in [4.69, 9.17) is 9.47 Å². The van der Waals surface area contributed by atoms with E-state index in [1.165, 1.54) is 22.9 Å². The lowest BCUT2D eigenvalue weighted by Gasteiger charge is -2.40. The van der Waals surface area contributed by atoms with Gasteiger partial charge in [0, 0.05) is 42.7 Å². The molecule has 2 aromatic heterocycles. The van der Waals surface area contributed by atoms with Crippen molar-refractivity contribution < 1.29 is 33.7 Å². The highest BCUT2D eigenvalue weighted by Crippen LogP contribution is 3.02. The Morgan fingerprint density at radius 1 is 1.03 bits per heavy atom. The molecule has 0 aliphatic rings. The van der Waals surface area contributed by atoms with Gasteiger partial charge in [-0.05, 0) is 69.7 Å². The lowest BCUT2D eigenvalue weighted by molar-refractivity contribution is 0.0526. The Kier molecular flexibility index (Phi) is 7.08. The molecule has 0 fully saturated rings. The number of hydrogen-bond acceptors (Lipinski definition) is 5. The number of rotatable bonds is 8. The van der Waals surface area contributed by atoms with Gasteiger partial charge in [0.15, 0.2) is 0 Å². The predicted molar refractivity (Wildman–Crippen MR) is 131 cm³/mol. The monoisotopic (exact) mass is 547 g/mol. The Labute approximate surface area is 210 Å². The number of aryl methyl sites for hydroxylation is 1. The summed E-state index contributed by atoms with van der Waals surface area (Å²) in [6.07, 6.45) is 2.80. The second kappa shape index (κ2) is 9.36. The summed E-state index contributed by atoms with van der Waals surface area (Å²) in [6, 6.07) is 8.15. The van der Waals surface area contributed by atoms with Gasteiger partial charge < -0.3 is 19.4 Å². The average Bonchev–Trinajstić information content (AvgIpc) is 2.76. The van der Waals surface area contributed by atoms with E-state index in [0.29, 0.717) is 17.5 Å². The molecule has 0 radical (unpaired) electrons. The molecule has 202 valence electrons. The molecule has 0 saturated heterocycles. The number of halogens is 5. The normalized spacial score (nSPS) is 13.8. The van der Waals surface area contributed by atoms with Gasteiger partial charge in [-0.3, -0.25) is 4.79 Å². The van der Waals surface area contributed by atoms with Crippen molar-refractivity contribution in [1.82, 2.24) is 14.9 Å². The first kappa shape index (κ1) is 28.0. The molecule has 0 aliphatic heterocycles. The number of amides is 1. The summed E-state index contributed by atoms with van der Waals surface area (Å²) in [7, 11) is -9.80. The molecule has 0 atom stereocenters. The first-order chi connectivity index (χ1) is 16.9. The topological polar surface area (TPSA) is 82.4 Å². The van der Waals surface area contributed by atoms with Gasteiger partial charge in [-0.25, -0.2) is 9.78 Å². The van der Waals surface area contributed by atoms with Crippen LogP contribution in [0.5, 0.6) is 11.6 Å². The number of carbonyl (C=O) groups excluding carboxylic acids is 1. The number of pyridine rings is 2. The third-order valence-electron chi connectivity index (χ3n) is 4.79. The van der Waals surface area contributed by atoms with Crippen molar-refractivity contribution in [3.63, 3.8) is 0 Å². The molecule has 3 aromatic rings. The Hall–Kier alpha value is -3.61. The first-order valence-corrected chi connectivity index (χ1v) is 13.0. The van der Waals surface area contributed by atoms with E-state index >= 15 is 0 Å². The van der Waals surface area contributed by atoms with Gasteiger partial charge in [0.05, 0.1) is 0 Å². The van der Waals surface area contributed by atoms with Gasteiger partial charge >= 0.3 is 16.3 Å². The van der Waals surface area contributed by atoms with E-state index in [0.717, 1.165) is 12.1 Å². The van der Waals surface area contributed by atoms with Crippen molar-refractivity contribution in [1.29, 1.82) is 0 Å². The second-order valence-electron chi connectivity index (χ2n) is 9.13. The first-order valence-electron chi connectivity index (χ1n) is 11.1. The van der Waals surface area contributed by atoms with Crippen LogP contribution < -0.4 is 15.6 Å². The third kappa shape index (κ3) is 8.20. The minimum atomic E-state index is -9.80. The molecule has 13 heteroatoms. The minimum absolute atomic E-state index is 0.000573. The van der Waals surface area contributed by atoms with Gasteiger partial charge in [0.2, 0.25) is 5.88 Å². The van der Waals surface area contributed by atoms with Crippen molar-refractivity contribution in [2.45, 2.75) is 44.2 Å². The fourth-order valence-electron chi connectivity index (χ4n) is 3.19. The Morgan fingerprint density at radius 2 is 1.70 bits per heavy atom. The molecule has 0 bridgehead atoms. The molecule has 2 heterocycles. The number of hydrogen-bond donors (Lipinski definition) is 1. The van der Waals surface area contributed by atoms with E-state index in [1.807, 2.05) is 0 Å². The minimum Gasteiger partial charge on any atom is -0.444 e. The molecule has 0 spiro atoms. The number of nitrogens with zero attached hydrogens (tertiary/aromatic N) is 2. The third-order valence-corrected chi connectivity index (χ3v) is 5.96. The quantitative estimate of drug-likeness (QED) is 0.237. The molecular formula is C24H26F5N3O4S. The van der Waals surface area contributed by atoms with Crippen LogP contribution in [0.2, 0.25) is 0 Å². The highest BCUT2D eigenvalue weighted by atomic mass is 32.5. The van der Waals surface area contributed by atoms with Crippen LogP contribution in [0, 0.1) is 0 Å². The molecule has 7 nitrogen and oxygen atoms in total. The van der Waals surface area contributed by atoms with Crippen molar-refractivity contribution in [2.75, 3.05) is 6.54 Å². The maximum Gasteiger partial charge on any atom is 0.407 e. The highest BCUT2D eigenvalue weighted by Gasteiger charge is 2.65. The Morgan fingerprint density at radius 3 is 2.32 bits per heavy atom. The molecule has 1 N–H and O–H groups in total. The number of carbonyl (C=O) groups is 1. The van der Waals surface area contributed by atoms with Gasteiger partial charge in [0.25, 0.3) is 5.56 Å². The van der Waals surface area contributed by atoms with Gasteiger partial charge in [-0.15, -0.1) is 0 Å². The molecule has 0 unspecified atom stereocenters. The number of alkyl carbamates (subject to hydrolysis) is 1. The Bertz CT molecular complexity index is 1340. The van der Waals surface area contributed by atoms with Crippen molar-refractivity contribution in [3.8, 4) is 22.8 Å².